The Kier molecular flexibility index (Phi) is 4.28. The van der Waals surface area contributed by atoms with Crippen LogP contribution in [0.15, 0.2) is 182 Å². The molecule has 0 spiro atoms. The fourth-order valence-electron chi connectivity index (χ4n) is 8.29. The molecular weight excluding hydrogens is 653 g/mol. The second-order valence-electron chi connectivity index (χ2n) is 13.6. The van der Waals surface area contributed by atoms with E-state index in [0.29, 0.717) is 28.1 Å². The summed E-state index contributed by atoms with van der Waals surface area (Å²) in [6.07, 6.45) is 0. The van der Waals surface area contributed by atoms with Gasteiger partial charge in [-0.3, -0.25) is 4.57 Å². The van der Waals surface area contributed by atoms with E-state index in [9.17, 15) is 5.48 Å². The predicted octanol–water partition coefficient (Wildman–Crippen LogP) is 13.8. The van der Waals surface area contributed by atoms with Crippen molar-refractivity contribution in [3.63, 3.8) is 0 Å². The SMILES string of the molecule is [2H]c1c([2H])c([2H])c2c(-c3ccc4c(c3)C(C([2H])([2H])[2H])(C([2H])([2H])[2H])c3ccccc3-4)c3c([2H])c([2H])c([2H])c([2H])c3c(-c3ccc(-c4nc5ccccc5n4-c4cccc5ccccc45)cc3)c2c1[2H]. The van der Waals surface area contributed by atoms with Crippen LogP contribution in [0.5, 0.6) is 0 Å². The first-order valence-corrected chi connectivity index (χ1v) is 17.7. The largest absolute Gasteiger partial charge is 0.292 e. The number of para-hydroxylation sites is 2. The maximum atomic E-state index is 9.49. The summed E-state index contributed by atoms with van der Waals surface area (Å²) in [7, 11) is 0. The van der Waals surface area contributed by atoms with Gasteiger partial charge in [0.25, 0.3) is 0 Å². The van der Waals surface area contributed by atoms with Crippen LogP contribution in [0.25, 0.3) is 93.8 Å². The first-order chi connectivity index (χ1) is 32.4. The van der Waals surface area contributed by atoms with Crippen LogP contribution in [0.2, 0.25) is 0 Å². The van der Waals surface area contributed by atoms with Gasteiger partial charge >= 0.3 is 0 Å². The summed E-state index contributed by atoms with van der Waals surface area (Å²) in [6, 6.07) is 35.7. The van der Waals surface area contributed by atoms with E-state index in [2.05, 4.69) is 10.6 Å². The Morgan fingerprint density at radius 2 is 1.11 bits per heavy atom. The van der Waals surface area contributed by atoms with Gasteiger partial charge in [0.1, 0.15) is 5.82 Å². The Hall–Kier alpha value is -6.77. The van der Waals surface area contributed by atoms with E-state index in [1.54, 1.807) is 42.5 Å². The smallest absolute Gasteiger partial charge is 0.145 e. The van der Waals surface area contributed by atoms with Crippen molar-refractivity contribution in [1.82, 2.24) is 9.55 Å². The molecule has 1 heterocycles. The van der Waals surface area contributed by atoms with E-state index < -0.39 is 67.5 Å². The summed E-state index contributed by atoms with van der Waals surface area (Å²) in [5.41, 5.74) is 2.05. The van der Waals surface area contributed by atoms with Crippen LogP contribution >= 0.6 is 0 Å². The lowest BCUT2D eigenvalue weighted by molar-refractivity contribution is 0.660. The molecule has 0 saturated carbocycles. The molecule has 1 aliphatic rings. The minimum atomic E-state index is -3.12. The van der Waals surface area contributed by atoms with Crippen LogP contribution in [0.3, 0.4) is 0 Å². The highest BCUT2D eigenvalue weighted by Gasteiger charge is 2.35. The number of fused-ring (bicyclic) bond motifs is 7. The summed E-state index contributed by atoms with van der Waals surface area (Å²) in [5, 5.41) is 1.79. The van der Waals surface area contributed by atoms with Crippen molar-refractivity contribution in [1.29, 1.82) is 0 Å². The lowest BCUT2D eigenvalue weighted by Crippen LogP contribution is -2.14. The van der Waals surface area contributed by atoms with Crippen molar-refractivity contribution in [2.75, 3.05) is 0 Å². The van der Waals surface area contributed by atoms with Crippen molar-refractivity contribution in [2.45, 2.75) is 19.1 Å². The average molecular weight is 703 g/mol. The molecule has 1 aromatic heterocycles. The number of hydrogen-bond acceptors (Lipinski definition) is 1. The Morgan fingerprint density at radius 3 is 1.87 bits per heavy atom. The third-order valence-corrected chi connectivity index (χ3v) is 10.7. The first kappa shape index (κ1) is 19.9. The first-order valence-electron chi connectivity index (χ1n) is 24.7. The van der Waals surface area contributed by atoms with E-state index >= 15 is 0 Å². The van der Waals surface area contributed by atoms with Crippen molar-refractivity contribution in [3.8, 4) is 50.5 Å². The third kappa shape index (κ3) is 4.44. The molecule has 2 heteroatoms. The van der Waals surface area contributed by atoms with Gasteiger partial charge in [0.05, 0.1) is 27.7 Å². The summed E-state index contributed by atoms with van der Waals surface area (Å²) in [6.45, 7) is -6.24. The molecule has 0 atom stereocenters. The minimum absolute atomic E-state index is 0.0260. The van der Waals surface area contributed by atoms with Gasteiger partial charge in [-0.15, -0.1) is 0 Å². The summed E-state index contributed by atoms with van der Waals surface area (Å²) in [5.74, 6) is 0.618. The molecule has 0 bridgehead atoms. The molecule has 254 valence electrons. The number of rotatable bonds is 4. The van der Waals surface area contributed by atoms with Crippen LogP contribution in [0.4, 0.5) is 0 Å². The maximum absolute atomic E-state index is 9.49. The Labute approximate surface area is 334 Å². The maximum Gasteiger partial charge on any atom is 0.145 e. The van der Waals surface area contributed by atoms with Gasteiger partial charge in [0.15, 0.2) is 0 Å². The molecule has 0 amide bonds. The molecule has 11 rings (SSSR count). The average Bonchev–Trinajstić information content (AvgIpc) is 3.87. The zero-order chi connectivity index (χ0) is 47.9. The van der Waals surface area contributed by atoms with Gasteiger partial charge in [0, 0.05) is 24.6 Å². The Morgan fingerprint density at radius 1 is 0.519 bits per heavy atom. The number of aromatic nitrogens is 2. The van der Waals surface area contributed by atoms with Gasteiger partial charge in [-0.05, 0) is 95.7 Å². The lowest BCUT2D eigenvalue weighted by Gasteiger charge is -2.23. The van der Waals surface area contributed by atoms with Gasteiger partial charge in [-0.25, -0.2) is 4.98 Å². The summed E-state index contributed by atoms with van der Waals surface area (Å²) in [4.78, 5) is 5.08. The Bertz CT molecular complexity index is 3710. The number of imidazole rings is 1. The van der Waals surface area contributed by atoms with E-state index in [4.69, 9.17) is 18.7 Å². The van der Waals surface area contributed by atoms with E-state index in [-0.39, 0.29) is 49.4 Å². The highest BCUT2D eigenvalue weighted by atomic mass is 15.1. The standard InChI is InChI=1S/C52H36N2/c1-52(2)44-22-10-9-17-38(44)39-31-30-36(32-45(39)52)50-42-20-7-5-18-40(42)49(41-19-6-8-21-43(41)50)34-26-28-35(29-27-34)51-53-46-23-11-12-24-48(46)54(51)47-25-13-15-33-14-3-4-16-37(33)47/h3-32H,1-2H3/i1D3,2D3,5D,6D,7D,8D,18D,19D,20D,21D. The fourth-order valence-corrected chi connectivity index (χ4v) is 8.29. The minimum Gasteiger partial charge on any atom is -0.292 e. The van der Waals surface area contributed by atoms with Crippen LogP contribution in [-0.4, -0.2) is 9.55 Å². The normalized spacial score (nSPS) is 17.3. The molecule has 0 aliphatic heterocycles. The van der Waals surface area contributed by atoms with Crippen LogP contribution in [-0.2, 0) is 5.41 Å². The van der Waals surface area contributed by atoms with E-state index in [0.717, 1.165) is 27.5 Å². The predicted molar refractivity (Wildman–Crippen MR) is 227 cm³/mol. The molecule has 54 heavy (non-hydrogen) atoms. The highest BCUT2D eigenvalue weighted by molar-refractivity contribution is 6.21. The molecule has 1 aliphatic carbocycles. The van der Waals surface area contributed by atoms with E-state index in [1.165, 1.54) is 12.1 Å². The molecule has 9 aromatic carbocycles. The number of nitrogens with zero attached hydrogens (tertiary/aromatic N) is 2. The van der Waals surface area contributed by atoms with Gasteiger partial charge in [-0.2, -0.15) is 0 Å². The van der Waals surface area contributed by atoms with Gasteiger partial charge < -0.3 is 0 Å². The molecule has 0 unspecified atom stereocenters. The van der Waals surface area contributed by atoms with Crippen molar-refractivity contribution >= 4 is 43.4 Å². The quantitative estimate of drug-likeness (QED) is 0.167. The highest BCUT2D eigenvalue weighted by Crippen LogP contribution is 2.51. The number of hydrogen-bond donors (Lipinski definition) is 0. The summed E-state index contributed by atoms with van der Waals surface area (Å²) < 4.78 is 129. The monoisotopic (exact) mass is 702 g/mol. The van der Waals surface area contributed by atoms with Crippen molar-refractivity contribution in [2.24, 2.45) is 0 Å². The molecular formula is C52H36N2. The molecule has 0 N–H and O–H groups in total. The molecule has 2 nitrogen and oxygen atoms in total. The fraction of sp³-hybridized carbons (Fsp3) is 0.0577. The van der Waals surface area contributed by atoms with Crippen LogP contribution < -0.4 is 0 Å². The zero-order valence-electron chi connectivity index (χ0n) is 42.6. The third-order valence-electron chi connectivity index (χ3n) is 10.7. The van der Waals surface area contributed by atoms with Crippen LogP contribution in [0.1, 0.15) is 44.0 Å². The second-order valence-corrected chi connectivity index (χ2v) is 13.6. The molecule has 0 radical (unpaired) electrons. The zero-order valence-corrected chi connectivity index (χ0v) is 28.6. The second kappa shape index (κ2) is 11.6. The van der Waals surface area contributed by atoms with E-state index in [1.807, 2.05) is 72.8 Å². The molecule has 10 aromatic rings. The lowest BCUT2D eigenvalue weighted by atomic mass is 9.80. The Balaban J connectivity index is 1.22. The van der Waals surface area contributed by atoms with Gasteiger partial charge in [0.2, 0.25) is 0 Å². The summed E-state index contributed by atoms with van der Waals surface area (Å²) >= 11 is 0. The van der Waals surface area contributed by atoms with Crippen LogP contribution in [0, 0.1) is 0 Å². The van der Waals surface area contributed by atoms with Crippen molar-refractivity contribution < 1.29 is 19.2 Å². The molecule has 0 fully saturated rings. The van der Waals surface area contributed by atoms with Crippen molar-refractivity contribution in [3.05, 3.63) is 193 Å². The van der Waals surface area contributed by atoms with Gasteiger partial charge in [-0.1, -0.05) is 171 Å². The molecule has 0 saturated heterocycles. The topological polar surface area (TPSA) is 17.8 Å². The number of benzene rings is 9.